The zero-order chi connectivity index (χ0) is 12.1. The smallest absolute Gasteiger partial charge is 0.0798 e. The zero-order valence-electron chi connectivity index (χ0n) is 10.4. The van der Waals surface area contributed by atoms with Gasteiger partial charge in [-0.1, -0.05) is 32.0 Å². The molecule has 90 valence electrons. The summed E-state index contributed by atoms with van der Waals surface area (Å²) in [5, 5.41) is 8.06. The van der Waals surface area contributed by atoms with E-state index in [4.69, 9.17) is 0 Å². The van der Waals surface area contributed by atoms with E-state index >= 15 is 0 Å². The molecule has 1 atom stereocenters. The molecule has 17 heavy (non-hydrogen) atoms. The molecular weight excluding hydrogens is 210 g/mol. The molecule has 0 aliphatic carbocycles. The summed E-state index contributed by atoms with van der Waals surface area (Å²) in [4.78, 5) is 0. The Morgan fingerprint density at radius 1 is 1.18 bits per heavy atom. The highest BCUT2D eigenvalue weighted by atomic mass is 15.3. The number of hydrogen-bond donors (Lipinski definition) is 1. The van der Waals surface area contributed by atoms with Crippen LogP contribution in [-0.2, 0) is 0 Å². The molecule has 1 heterocycles. The molecule has 0 saturated carbocycles. The Bertz CT molecular complexity index is 448. The Morgan fingerprint density at radius 3 is 2.59 bits per heavy atom. The van der Waals surface area contributed by atoms with E-state index in [1.165, 1.54) is 0 Å². The molecule has 0 spiro atoms. The molecule has 3 nitrogen and oxygen atoms in total. The molecule has 0 aliphatic rings. The number of para-hydroxylation sites is 1. The Kier molecular flexibility index (Phi) is 3.94. The highest BCUT2D eigenvalue weighted by Gasteiger charge is 2.11. The molecule has 0 saturated heterocycles. The average Bonchev–Trinajstić information content (AvgIpc) is 2.86. The van der Waals surface area contributed by atoms with Gasteiger partial charge in [-0.25, -0.2) is 4.68 Å². The van der Waals surface area contributed by atoms with Crippen molar-refractivity contribution in [1.82, 2.24) is 15.1 Å². The van der Waals surface area contributed by atoms with Crippen LogP contribution < -0.4 is 5.32 Å². The van der Waals surface area contributed by atoms with Gasteiger partial charge in [-0.2, -0.15) is 5.10 Å². The quantitative estimate of drug-likeness (QED) is 0.854. The molecule has 0 fully saturated rings. The van der Waals surface area contributed by atoms with E-state index < -0.39 is 0 Å². The maximum absolute atomic E-state index is 4.62. The zero-order valence-corrected chi connectivity index (χ0v) is 10.4. The van der Waals surface area contributed by atoms with Crippen LogP contribution in [0, 0.1) is 0 Å². The van der Waals surface area contributed by atoms with Crippen molar-refractivity contribution in [3.63, 3.8) is 0 Å². The second-order valence-corrected chi connectivity index (χ2v) is 4.04. The van der Waals surface area contributed by atoms with Crippen LogP contribution in [0.1, 0.15) is 32.0 Å². The van der Waals surface area contributed by atoms with E-state index in [-0.39, 0.29) is 0 Å². The first-order chi connectivity index (χ1) is 8.35. The second-order valence-electron chi connectivity index (χ2n) is 4.04. The minimum atomic E-state index is 0.352. The van der Waals surface area contributed by atoms with E-state index in [9.17, 15) is 0 Å². The van der Waals surface area contributed by atoms with Crippen LogP contribution in [-0.4, -0.2) is 16.3 Å². The lowest BCUT2D eigenvalue weighted by Gasteiger charge is -2.12. The minimum absolute atomic E-state index is 0.352. The van der Waals surface area contributed by atoms with Gasteiger partial charge in [-0.05, 0) is 31.2 Å². The second kappa shape index (κ2) is 5.64. The third-order valence-corrected chi connectivity index (χ3v) is 2.85. The molecule has 1 aromatic heterocycles. The molecule has 3 heteroatoms. The van der Waals surface area contributed by atoms with Gasteiger partial charge in [0.15, 0.2) is 0 Å². The van der Waals surface area contributed by atoms with Crippen LogP contribution in [0.15, 0.2) is 42.6 Å². The van der Waals surface area contributed by atoms with Crippen molar-refractivity contribution < 1.29 is 0 Å². The predicted octanol–water partition coefficient (Wildman–Crippen LogP) is 2.93. The fourth-order valence-electron chi connectivity index (χ4n) is 1.95. The van der Waals surface area contributed by atoms with Crippen molar-refractivity contribution in [1.29, 1.82) is 0 Å². The lowest BCUT2D eigenvalue weighted by Crippen LogP contribution is -2.20. The normalized spacial score (nSPS) is 12.6. The molecule has 2 rings (SSSR count). The number of benzene rings is 1. The SMILES string of the molecule is CCNC(CC)c1ccn(-c2ccccc2)n1. The third kappa shape index (κ3) is 2.74. The summed E-state index contributed by atoms with van der Waals surface area (Å²) >= 11 is 0. The molecule has 0 radical (unpaired) electrons. The number of nitrogens with zero attached hydrogens (tertiary/aromatic N) is 2. The van der Waals surface area contributed by atoms with E-state index in [2.05, 4.69) is 42.5 Å². The molecule has 2 aromatic rings. The van der Waals surface area contributed by atoms with Crippen LogP contribution >= 0.6 is 0 Å². The van der Waals surface area contributed by atoms with Crippen LogP contribution in [0.25, 0.3) is 5.69 Å². The standard InChI is InChI=1S/C14H19N3/c1-3-13(15-4-2)14-10-11-17(16-14)12-8-6-5-7-9-12/h5-11,13,15H,3-4H2,1-2H3. The molecule has 0 amide bonds. The topological polar surface area (TPSA) is 29.9 Å². The fraction of sp³-hybridized carbons (Fsp3) is 0.357. The highest BCUT2D eigenvalue weighted by Crippen LogP contribution is 2.15. The Morgan fingerprint density at radius 2 is 1.94 bits per heavy atom. The molecule has 0 bridgehead atoms. The van der Waals surface area contributed by atoms with Gasteiger partial charge in [0.25, 0.3) is 0 Å². The van der Waals surface area contributed by atoms with Crippen LogP contribution in [0.3, 0.4) is 0 Å². The highest BCUT2D eigenvalue weighted by molar-refractivity contribution is 5.30. The van der Waals surface area contributed by atoms with E-state index in [1.807, 2.05) is 29.1 Å². The maximum atomic E-state index is 4.62. The monoisotopic (exact) mass is 229 g/mol. The summed E-state index contributed by atoms with van der Waals surface area (Å²) in [6.07, 6.45) is 3.07. The summed E-state index contributed by atoms with van der Waals surface area (Å²) in [5.74, 6) is 0. The van der Waals surface area contributed by atoms with Crippen molar-refractivity contribution in [2.75, 3.05) is 6.54 Å². The number of hydrogen-bond acceptors (Lipinski definition) is 2. The first-order valence-electron chi connectivity index (χ1n) is 6.19. The van der Waals surface area contributed by atoms with E-state index in [0.29, 0.717) is 6.04 Å². The molecule has 1 unspecified atom stereocenters. The maximum Gasteiger partial charge on any atom is 0.0798 e. The molecule has 1 N–H and O–H groups in total. The Balaban J connectivity index is 2.21. The predicted molar refractivity (Wildman–Crippen MR) is 70.3 cm³/mol. The summed E-state index contributed by atoms with van der Waals surface area (Å²) < 4.78 is 1.93. The van der Waals surface area contributed by atoms with Gasteiger partial charge in [-0.15, -0.1) is 0 Å². The van der Waals surface area contributed by atoms with Gasteiger partial charge >= 0.3 is 0 Å². The first kappa shape index (κ1) is 11.9. The van der Waals surface area contributed by atoms with Gasteiger partial charge in [0.1, 0.15) is 0 Å². The Labute approximate surface area is 102 Å². The molecular formula is C14H19N3. The lowest BCUT2D eigenvalue weighted by atomic mass is 10.1. The van der Waals surface area contributed by atoms with Gasteiger partial charge in [-0.3, -0.25) is 0 Å². The van der Waals surface area contributed by atoms with Crippen molar-refractivity contribution in [2.45, 2.75) is 26.3 Å². The minimum Gasteiger partial charge on any atom is -0.309 e. The first-order valence-corrected chi connectivity index (χ1v) is 6.19. The number of rotatable bonds is 5. The average molecular weight is 229 g/mol. The van der Waals surface area contributed by atoms with Crippen molar-refractivity contribution in [3.8, 4) is 5.69 Å². The summed E-state index contributed by atoms with van der Waals surface area (Å²) in [5.41, 5.74) is 2.21. The van der Waals surface area contributed by atoms with E-state index in [0.717, 1.165) is 24.3 Å². The van der Waals surface area contributed by atoms with Crippen LogP contribution in [0.2, 0.25) is 0 Å². The lowest BCUT2D eigenvalue weighted by molar-refractivity contribution is 0.520. The van der Waals surface area contributed by atoms with Crippen LogP contribution in [0.4, 0.5) is 0 Å². The van der Waals surface area contributed by atoms with Crippen molar-refractivity contribution in [3.05, 3.63) is 48.3 Å². The number of aromatic nitrogens is 2. The largest absolute Gasteiger partial charge is 0.309 e. The van der Waals surface area contributed by atoms with Gasteiger partial charge < -0.3 is 5.32 Å². The van der Waals surface area contributed by atoms with Crippen LogP contribution in [0.5, 0.6) is 0 Å². The Hall–Kier alpha value is -1.61. The fourth-order valence-corrected chi connectivity index (χ4v) is 1.95. The van der Waals surface area contributed by atoms with E-state index in [1.54, 1.807) is 0 Å². The van der Waals surface area contributed by atoms with Gasteiger partial charge in [0.05, 0.1) is 17.4 Å². The summed E-state index contributed by atoms with van der Waals surface area (Å²) in [6.45, 7) is 5.27. The summed E-state index contributed by atoms with van der Waals surface area (Å²) in [6, 6.07) is 12.6. The third-order valence-electron chi connectivity index (χ3n) is 2.85. The molecule has 0 aliphatic heterocycles. The number of nitrogens with one attached hydrogen (secondary N) is 1. The molecule has 1 aromatic carbocycles. The van der Waals surface area contributed by atoms with Crippen molar-refractivity contribution >= 4 is 0 Å². The summed E-state index contributed by atoms with van der Waals surface area (Å²) in [7, 11) is 0. The van der Waals surface area contributed by atoms with Gasteiger partial charge in [0, 0.05) is 6.20 Å². The van der Waals surface area contributed by atoms with Gasteiger partial charge in [0.2, 0.25) is 0 Å². The van der Waals surface area contributed by atoms with Crippen molar-refractivity contribution in [2.24, 2.45) is 0 Å².